The first-order valence-corrected chi connectivity index (χ1v) is 14.7. The van der Waals surface area contributed by atoms with Gasteiger partial charge in [-0.1, -0.05) is 79.8 Å². The molecule has 0 aliphatic carbocycles. The topological polar surface area (TPSA) is 119 Å². The van der Waals surface area contributed by atoms with E-state index in [1.807, 2.05) is 12.2 Å². The second-order valence-electron chi connectivity index (χ2n) is 10.7. The number of carbonyl (C=O) groups is 4. The lowest BCUT2D eigenvalue weighted by atomic mass is 10.0. The summed E-state index contributed by atoms with van der Waals surface area (Å²) in [4.78, 5) is 48.3. The fraction of sp³-hybridized carbons (Fsp3) is 0.529. The third-order valence-electron chi connectivity index (χ3n) is 5.56. The number of carboxylic acid groups (broad SMARTS) is 1. The third-order valence-corrected chi connectivity index (χ3v) is 5.56. The molecule has 8 heteroatoms. The first-order valence-electron chi connectivity index (χ1n) is 14.7. The summed E-state index contributed by atoms with van der Waals surface area (Å²) in [5, 5.41) is 11.9. The lowest BCUT2D eigenvalue weighted by molar-refractivity contribution is -0.176. The van der Waals surface area contributed by atoms with E-state index in [0.717, 1.165) is 38.5 Å². The van der Waals surface area contributed by atoms with Crippen LogP contribution in [0.1, 0.15) is 92.9 Å². The van der Waals surface area contributed by atoms with Crippen LogP contribution in [0, 0.1) is 5.92 Å². The minimum Gasteiger partial charge on any atom is -0.480 e. The Balaban J connectivity index is 4.21. The predicted molar refractivity (Wildman–Crippen MR) is 168 cm³/mol. The van der Waals surface area contributed by atoms with E-state index < -0.39 is 41.6 Å². The van der Waals surface area contributed by atoms with Crippen LogP contribution < -0.4 is 5.32 Å². The molecular weight excluding hydrogens is 534 g/mol. The minimum atomic E-state index is -1.68. The zero-order chi connectivity index (χ0) is 31.8. The largest absolute Gasteiger partial charge is 0.480 e. The number of hydrogen-bond donors (Lipinski definition) is 2. The molecule has 0 aromatic heterocycles. The van der Waals surface area contributed by atoms with Gasteiger partial charge in [0, 0.05) is 6.42 Å². The van der Waals surface area contributed by atoms with Gasteiger partial charge in [-0.15, -0.1) is 0 Å². The van der Waals surface area contributed by atoms with E-state index in [1.165, 1.54) is 13.8 Å². The lowest BCUT2D eigenvalue weighted by Crippen LogP contribution is -2.44. The average molecular weight is 586 g/mol. The van der Waals surface area contributed by atoms with Gasteiger partial charge in [0.2, 0.25) is 5.91 Å². The summed E-state index contributed by atoms with van der Waals surface area (Å²) in [6.07, 6.45) is 30.4. The highest BCUT2D eigenvalue weighted by molar-refractivity contribution is 5.95. The molecule has 0 bridgehead atoms. The van der Waals surface area contributed by atoms with Gasteiger partial charge in [0.05, 0.1) is 0 Å². The molecule has 0 aromatic carbocycles. The highest BCUT2D eigenvalue weighted by atomic mass is 16.6. The SMILES string of the molecule is CCC=CCC=CCC=CCC=CCC=CCC=CCCC(=O)N[C@@H](C)C(=O)OC(C)C(C(=O)O)C(=O)OC(C)(C)C. The maximum absolute atomic E-state index is 12.4. The lowest BCUT2D eigenvalue weighted by Gasteiger charge is -2.25. The monoisotopic (exact) mass is 585 g/mol. The summed E-state index contributed by atoms with van der Waals surface area (Å²) in [5.41, 5.74) is -0.890. The van der Waals surface area contributed by atoms with Gasteiger partial charge < -0.3 is 19.9 Å². The maximum Gasteiger partial charge on any atom is 0.328 e. The van der Waals surface area contributed by atoms with Gasteiger partial charge in [0.25, 0.3) is 0 Å². The summed E-state index contributed by atoms with van der Waals surface area (Å²) in [5.74, 6) is -5.31. The van der Waals surface area contributed by atoms with Crippen LogP contribution in [0.5, 0.6) is 0 Å². The Kier molecular flexibility index (Phi) is 20.9. The number of carbonyl (C=O) groups excluding carboxylic acids is 3. The van der Waals surface area contributed by atoms with E-state index in [1.54, 1.807) is 20.8 Å². The number of aliphatic carboxylic acids is 1. The van der Waals surface area contributed by atoms with Crippen molar-refractivity contribution in [1.82, 2.24) is 5.32 Å². The first kappa shape index (κ1) is 38.3. The van der Waals surface area contributed by atoms with Crippen LogP contribution in [0.2, 0.25) is 0 Å². The number of esters is 2. The van der Waals surface area contributed by atoms with Crippen LogP contribution in [0.4, 0.5) is 0 Å². The molecule has 0 saturated carbocycles. The van der Waals surface area contributed by atoms with Crippen molar-refractivity contribution >= 4 is 23.8 Å². The van der Waals surface area contributed by atoms with Crippen LogP contribution in [-0.4, -0.2) is 46.7 Å². The molecule has 8 nitrogen and oxygen atoms in total. The molecule has 2 N–H and O–H groups in total. The van der Waals surface area contributed by atoms with E-state index in [4.69, 9.17) is 9.47 Å². The van der Waals surface area contributed by atoms with Gasteiger partial charge in [-0.05, 0) is 79.6 Å². The first-order chi connectivity index (χ1) is 19.9. The van der Waals surface area contributed by atoms with Gasteiger partial charge in [0.15, 0.2) is 5.92 Å². The van der Waals surface area contributed by atoms with Crippen molar-refractivity contribution in [3.05, 3.63) is 72.9 Å². The predicted octanol–water partition coefficient (Wildman–Crippen LogP) is 6.94. The molecule has 0 heterocycles. The summed E-state index contributed by atoms with van der Waals surface area (Å²) >= 11 is 0. The Labute approximate surface area is 252 Å². The summed E-state index contributed by atoms with van der Waals surface area (Å²) < 4.78 is 10.3. The molecule has 0 aliphatic heterocycles. The maximum atomic E-state index is 12.4. The normalized spacial score (nSPS) is 14.8. The average Bonchev–Trinajstić information content (AvgIpc) is 2.88. The molecule has 0 aromatic rings. The third kappa shape index (κ3) is 21.1. The molecule has 0 aliphatic rings. The molecule has 0 spiro atoms. The van der Waals surface area contributed by atoms with Gasteiger partial charge in [-0.25, -0.2) is 4.79 Å². The van der Waals surface area contributed by atoms with Crippen LogP contribution in [-0.2, 0) is 28.7 Å². The number of nitrogens with one attached hydrogen (secondary N) is 1. The van der Waals surface area contributed by atoms with Crippen LogP contribution in [0.25, 0.3) is 0 Å². The summed E-state index contributed by atoms with van der Waals surface area (Å²) in [6.45, 7) is 9.70. The quantitative estimate of drug-likeness (QED) is 0.0902. The van der Waals surface area contributed by atoms with Gasteiger partial charge in [-0.2, -0.15) is 0 Å². The number of ether oxygens (including phenoxy) is 2. The second-order valence-corrected chi connectivity index (χ2v) is 10.7. The van der Waals surface area contributed by atoms with Gasteiger partial charge in [-0.3, -0.25) is 14.4 Å². The Bertz CT molecular complexity index is 996. The molecule has 0 fully saturated rings. The van der Waals surface area contributed by atoms with Crippen molar-refractivity contribution in [1.29, 1.82) is 0 Å². The fourth-order valence-electron chi connectivity index (χ4n) is 3.44. The van der Waals surface area contributed by atoms with Crippen molar-refractivity contribution in [3.63, 3.8) is 0 Å². The Hall–Kier alpha value is -3.68. The highest BCUT2D eigenvalue weighted by Gasteiger charge is 2.38. The molecule has 0 radical (unpaired) electrons. The van der Waals surface area contributed by atoms with Crippen molar-refractivity contribution in [2.24, 2.45) is 5.92 Å². The van der Waals surface area contributed by atoms with Crippen molar-refractivity contribution < 1.29 is 33.8 Å². The van der Waals surface area contributed by atoms with Crippen LogP contribution in [0.15, 0.2) is 72.9 Å². The second kappa shape index (κ2) is 22.9. The van der Waals surface area contributed by atoms with E-state index in [2.05, 4.69) is 73.0 Å². The number of amides is 1. The molecule has 42 heavy (non-hydrogen) atoms. The number of rotatable bonds is 20. The zero-order valence-electron chi connectivity index (χ0n) is 26.2. The smallest absolute Gasteiger partial charge is 0.328 e. The number of allylic oxidation sites excluding steroid dienone is 12. The van der Waals surface area contributed by atoms with Crippen molar-refractivity contribution in [2.45, 2.75) is 111 Å². The van der Waals surface area contributed by atoms with E-state index in [0.29, 0.717) is 6.42 Å². The molecule has 234 valence electrons. The number of carboxylic acids is 1. The fourth-order valence-corrected chi connectivity index (χ4v) is 3.44. The number of hydrogen-bond acceptors (Lipinski definition) is 6. The minimum absolute atomic E-state index is 0.186. The zero-order valence-corrected chi connectivity index (χ0v) is 26.2. The van der Waals surface area contributed by atoms with E-state index >= 15 is 0 Å². The molecule has 1 amide bonds. The molecule has 2 unspecified atom stereocenters. The van der Waals surface area contributed by atoms with Gasteiger partial charge >= 0.3 is 17.9 Å². The Morgan fingerprint density at radius 1 is 0.714 bits per heavy atom. The summed E-state index contributed by atoms with van der Waals surface area (Å²) in [6, 6.07) is -1.00. The highest BCUT2D eigenvalue weighted by Crippen LogP contribution is 2.17. The summed E-state index contributed by atoms with van der Waals surface area (Å²) in [7, 11) is 0. The van der Waals surface area contributed by atoms with Gasteiger partial charge in [0.1, 0.15) is 17.7 Å². The van der Waals surface area contributed by atoms with E-state index in [-0.39, 0.29) is 12.3 Å². The molecular formula is C34H51NO7. The van der Waals surface area contributed by atoms with Crippen molar-refractivity contribution in [2.75, 3.05) is 0 Å². The molecule has 3 atom stereocenters. The van der Waals surface area contributed by atoms with Crippen molar-refractivity contribution in [3.8, 4) is 0 Å². The van der Waals surface area contributed by atoms with Crippen LogP contribution in [0.3, 0.4) is 0 Å². The molecule has 0 saturated heterocycles. The Morgan fingerprint density at radius 2 is 1.14 bits per heavy atom. The molecule has 0 rings (SSSR count). The Morgan fingerprint density at radius 3 is 1.55 bits per heavy atom. The van der Waals surface area contributed by atoms with Crippen LogP contribution >= 0.6 is 0 Å². The van der Waals surface area contributed by atoms with E-state index in [9.17, 15) is 24.3 Å². The standard InChI is InChI=1S/C34H51NO7/c1-7-8-9-10-11-12-13-14-15-16-17-18-19-20-21-22-23-24-25-26-29(36)35-27(2)32(39)41-28(3)30(31(37)38)33(40)42-34(4,5)6/h8-9,11-12,14-15,17-18,20-21,23-24,27-28,30H,7,10,13,16,19,22,25-26H2,1-6H3,(H,35,36)(H,37,38)/t27-,28?,30?/m0/s1.